The van der Waals surface area contributed by atoms with Crippen molar-refractivity contribution in [1.29, 1.82) is 0 Å². The molecule has 2 aromatic rings. The van der Waals surface area contributed by atoms with Gasteiger partial charge >= 0.3 is 17.1 Å². The van der Waals surface area contributed by atoms with E-state index in [-0.39, 0.29) is 0 Å². The lowest BCUT2D eigenvalue weighted by Crippen LogP contribution is -2.19. The number of carbonyl (C=O) groups is 1. The summed E-state index contributed by atoms with van der Waals surface area (Å²) in [6.07, 6.45) is 0. The topological polar surface area (TPSA) is 65.4 Å². The summed E-state index contributed by atoms with van der Waals surface area (Å²) < 4.78 is 0.426. The molecule has 1 aromatic carbocycles. The average molecular weight is 191 g/mol. The predicted molar refractivity (Wildman–Crippen MR) is 46.7 cm³/mol. The number of nitrogens with zero attached hydrogens (tertiary/aromatic N) is 1. The van der Waals surface area contributed by atoms with Gasteiger partial charge in [-0.3, -0.25) is 9.59 Å². The van der Waals surface area contributed by atoms with E-state index in [0.717, 1.165) is 0 Å². The minimum absolute atomic E-state index is 0.292. The molecule has 5 nitrogen and oxygen atoms in total. The van der Waals surface area contributed by atoms with E-state index in [1.807, 2.05) is 0 Å². The first-order valence-electron chi connectivity index (χ1n) is 3.86. The molecule has 0 atom stereocenters. The van der Waals surface area contributed by atoms with E-state index in [1.165, 1.54) is 12.1 Å². The van der Waals surface area contributed by atoms with Crippen molar-refractivity contribution in [2.75, 3.05) is 0 Å². The van der Waals surface area contributed by atoms with E-state index in [1.54, 1.807) is 18.2 Å². The number of aromatic nitrogens is 1. The van der Waals surface area contributed by atoms with Gasteiger partial charge in [0.15, 0.2) is 0 Å². The third-order valence-electron chi connectivity index (χ3n) is 1.69. The standard InChI is InChI=1S/C9H5NO4/c11-7-8(12)10(7)14-9(13)6-4-2-1-3-5-6/h1-5H. The van der Waals surface area contributed by atoms with Crippen LogP contribution in [0, 0.1) is 0 Å². The van der Waals surface area contributed by atoms with Gasteiger partial charge in [-0.1, -0.05) is 22.9 Å². The second-order valence-electron chi connectivity index (χ2n) is 2.65. The van der Waals surface area contributed by atoms with Crippen LogP contribution in [-0.4, -0.2) is 10.7 Å². The Balaban J connectivity index is 2.15. The summed E-state index contributed by atoms with van der Waals surface area (Å²) in [7, 11) is 0. The van der Waals surface area contributed by atoms with Gasteiger partial charge in [-0.05, 0) is 12.1 Å². The van der Waals surface area contributed by atoms with E-state index >= 15 is 0 Å². The number of carbonyl (C=O) groups excluding carboxylic acids is 1. The Morgan fingerprint density at radius 1 is 1.07 bits per heavy atom. The van der Waals surface area contributed by atoms with E-state index < -0.39 is 17.1 Å². The summed E-state index contributed by atoms with van der Waals surface area (Å²) in [6.45, 7) is 0. The molecule has 70 valence electrons. The van der Waals surface area contributed by atoms with Gasteiger partial charge in [0, 0.05) is 0 Å². The van der Waals surface area contributed by atoms with E-state index in [9.17, 15) is 14.4 Å². The number of benzene rings is 1. The third-order valence-corrected chi connectivity index (χ3v) is 1.69. The molecule has 0 fully saturated rings. The van der Waals surface area contributed by atoms with E-state index in [4.69, 9.17) is 0 Å². The molecule has 0 aliphatic carbocycles. The zero-order chi connectivity index (χ0) is 10.1. The molecule has 0 unspecified atom stereocenters. The Morgan fingerprint density at radius 2 is 1.64 bits per heavy atom. The van der Waals surface area contributed by atoms with E-state index in [2.05, 4.69) is 4.84 Å². The summed E-state index contributed by atoms with van der Waals surface area (Å²) in [5.41, 5.74) is -1.30. The fraction of sp³-hybridized carbons (Fsp3) is 0. The van der Waals surface area contributed by atoms with E-state index in [0.29, 0.717) is 10.3 Å². The first-order valence-corrected chi connectivity index (χ1v) is 3.86. The lowest BCUT2D eigenvalue weighted by atomic mass is 10.2. The highest BCUT2D eigenvalue weighted by molar-refractivity contribution is 5.89. The predicted octanol–water partition coefficient (Wildman–Crippen LogP) is -0.647. The molecule has 0 saturated heterocycles. The Labute approximate surface area is 77.8 Å². The van der Waals surface area contributed by atoms with Gasteiger partial charge in [0.1, 0.15) is 0 Å². The minimum atomic E-state index is -0.797. The van der Waals surface area contributed by atoms with Crippen molar-refractivity contribution in [2.45, 2.75) is 0 Å². The van der Waals surface area contributed by atoms with Crippen molar-refractivity contribution in [2.24, 2.45) is 0 Å². The van der Waals surface area contributed by atoms with Crippen LogP contribution in [-0.2, 0) is 0 Å². The van der Waals surface area contributed by atoms with Crippen LogP contribution in [0.3, 0.4) is 0 Å². The highest BCUT2D eigenvalue weighted by Gasteiger charge is 2.21. The Bertz CT molecular complexity index is 508. The molecular weight excluding hydrogens is 186 g/mol. The van der Waals surface area contributed by atoms with Crippen LogP contribution in [0.25, 0.3) is 0 Å². The molecule has 0 N–H and O–H groups in total. The molecule has 1 aromatic heterocycles. The molecule has 0 spiro atoms. The Kier molecular flexibility index (Phi) is 1.78. The van der Waals surface area contributed by atoms with Gasteiger partial charge in [0.2, 0.25) is 0 Å². The molecular formula is C9H5NO4. The van der Waals surface area contributed by atoms with Crippen LogP contribution in [0.15, 0.2) is 39.9 Å². The summed E-state index contributed by atoms with van der Waals surface area (Å²) in [6, 6.07) is 8.11. The van der Waals surface area contributed by atoms with Crippen molar-refractivity contribution < 1.29 is 9.63 Å². The van der Waals surface area contributed by atoms with Gasteiger partial charge in [-0.25, -0.2) is 4.79 Å². The van der Waals surface area contributed by atoms with Crippen molar-refractivity contribution in [1.82, 2.24) is 4.73 Å². The number of rotatable bonds is 2. The monoisotopic (exact) mass is 191 g/mol. The average Bonchev–Trinajstić information content (AvgIpc) is 2.77. The molecule has 0 amide bonds. The lowest BCUT2D eigenvalue weighted by molar-refractivity contribution is 0.0494. The van der Waals surface area contributed by atoms with Gasteiger partial charge < -0.3 is 4.84 Å². The first kappa shape index (κ1) is 8.43. The van der Waals surface area contributed by atoms with Crippen LogP contribution in [0.4, 0.5) is 0 Å². The van der Waals surface area contributed by atoms with Crippen LogP contribution in [0.5, 0.6) is 0 Å². The van der Waals surface area contributed by atoms with Crippen LogP contribution in [0.2, 0.25) is 0 Å². The van der Waals surface area contributed by atoms with Gasteiger partial charge in [-0.15, -0.1) is 0 Å². The molecule has 5 heteroatoms. The second-order valence-corrected chi connectivity index (χ2v) is 2.65. The normalized spacial score (nSPS) is 10.3. The minimum Gasteiger partial charge on any atom is -0.324 e. The molecule has 1 heterocycles. The van der Waals surface area contributed by atoms with Crippen LogP contribution in [0.1, 0.15) is 10.4 Å². The smallest absolute Gasteiger partial charge is 0.324 e. The maximum absolute atomic E-state index is 11.2. The van der Waals surface area contributed by atoms with Crippen molar-refractivity contribution in [3.63, 3.8) is 0 Å². The molecule has 2 rings (SSSR count). The van der Waals surface area contributed by atoms with Crippen molar-refractivity contribution >= 4 is 5.97 Å². The fourth-order valence-corrected chi connectivity index (χ4v) is 0.915. The number of hydrogen-bond acceptors (Lipinski definition) is 4. The highest BCUT2D eigenvalue weighted by atomic mass is 16.7. The maximum atomic E-state index is 11.2. The Morgan fingerprint density at radius 3 is 2.14 bits per heavy atom. The van der Waals surface area contributed by atoms with Crippen molar-refractivity contribution in [3.05, 3.63) is 56.6 Å². The van der Waals surface area contributed by atoms with Crippen LogP contribution >= 0.6 is 0 Å². The largest absolute Gasteiger partial charge is 0.363 e. The SMILES string of the molecule is O=C(On1c(=O)c1=O)c1ccccc1. The maximum Gasteiger partial charge on any atom is 0.363 e. The van der Waals surface area contributed by atoms with Crippen molar-refractivity contribution in [3.8, 4) is 0 Å². The highest BCUT2D eigenvalue weighted by Crippen LogP contribution is 1.98. The Hall–Kier alpha value is -2.17. The summed E-state index contributed by atoms with van der Waals surface area (Å²) >= 11 is 0. The molecule has 0 bridgehead atoms. The second kappa shape index (κ2) is 2.95. The number of hydrogen-bond donors (Lipinski definition) is 0. The molecule has 0 radical (unpaired) electrons. The van der Waals surface area contributed by atoms with Crippen LogP contribution < -0.4 is 16.0 Å². The third kappa shape index (κ3) is 1.35. The first-order chi connectivity index (χ1) is 6.70. The quantitative estimate of drug-likeness (QED) is 0.592. The zero-order valence-corrected chi connectivity index (χ0v) is 6.97. The molecule has 14 heavy (non-hydrogen) atoms. The lowest BCUT2D eigenvalue weighted by Gasteiger charge is -1.96. The summed E-state index contributed by atoms with van der Waals surface area (Å²) in [4.78, 5) is 36.7. The summed E-state index contributed by atoms with van der Waals surface area (Å²) in [5.74, 6) is -0.718. The fourth-order valence-electron chi connectivity index (χ4n) is 0.915. The molecule has 0 aliphatic heterocycles. The zero-order valence-electron chi connectivity index (χ0n) is 6.97. The molecule has 0 aliphatic rings. The molecule has 0 saturated carbocycles. The van der Waals surface area contributed by atoms with Gasteiger partial charge in [0.05, 0.1) is 5.56 Å². The van der Waals surface area contributed by atoms with Gasteiger partial charge in [-0.2, -0.15) is 0 Å². The van der Waals surface area contributed by atoms with Gasteiger partial charge in [0.25, 0.3) is 0 Å². The summed E-state index contributed by atoms with van der Waals surface area (Å²) in [5, 5.41) is 0.